The molecule has 0 aliphatic rings. The van der Waals surface area contributed by atoms with E-state index in [-0.39, 0.29) is 5.56 Å². The minimum absolute atomic E-state index is 0.107. The molecular weight excluding hydrogens is 347 g/mol. The van der Waals surface area contributed by atoms with Gasteiger partial charge in [0, 0.05) is 5.56 Å². The van der Waals surface area contributed by atoms with Gasteiger partial charge in [-0.3, -0.25) is 0 Å². The molecule has 2 rings (SSSR count). The molecule has 0 aliphatic carbocycles. The molecule has 0 heterocycles. The molecule has 2 aromatic carbocycles. The Balaban J connectivity index is 2.38. The lowest BCUT2D eigenvalue weighted by Crippen LogP contribution is -2.15. The fourth-order valence-electron chi connectivity index (χ4n) is 1.94. The quantitative estimate of drug-likeness (QED) is 0.825. The second-order valence-corrected chi connectivity index (χ2v) is 5.22. The summed E-state index contributed by atoms with van der Waals surface area (Å²) in [5.41, 5.74) is 6.38. The molecule has 0 aliphatic heterocycles. The van der Waals surface area contributed by atoms with Crippen LogP contribution in [0.3, 0.4) is 0 Å². The molecular formula is C15H13BrF3NO. The molecule has 112 valence electrons. The molecule has 2 aromatic rings. The predicted molar refractivity (Wildman–Crippen MR) is 77.7 cm³/mol. The van der Waals surface area contributed by atoms with Crippen LogP contribution < -0.4 is 10.5 Å². The van der Waals surface area contributed by atoms with Crippen LogP contribution in [0.25, 0.3) is 0 Å². The molecule has 1 unspecified atom stereocenters. The monoisotopic (exact) mass is 359 g/mol. The van der Waals surface area contributed by atoms with E-state index < -0.39 is 23.5 Å². The number of hydrogen-bond donors (Lipinski definition) is 1. The molecule has 2 nitrogen and oxygen atoms in total. The van der Waals surface area contributed by atoms with Crippen LogP contribution in [0.5, 0.6) is 5.75 Å². The third-order valence-electron chi connectivity index (χ3n) is 3.02. The Morgan fingerprint density at radius 2 is 1.86 bits per heavy atom. The molecule has 0 amide bonds. The van der Waals surface area contributed by atoms with Gasteiger partial charge in [-0.15, -0.1) is 0 Å². The third kappa shape index (κ3) is 3.22. The van der Waals surface area contributed by atoms with E-state index in [9.17, 15) is 13.2 Å². The van der Waals surface area contributed by atoms with Gasteiger partial charge in [-0.25, -0.2) is 13.2 Å². The molecule has 0 fully saturated rings. The number of benzene rings is 2. The van der Waals surface area contributed by atoms with Crippen LogP contribution in [-0.2, 0) is 0 Å². The van der Waals surface area contributed by atoms with Crippen LogP contribution in [0.15, 0.2) is 34.8 Å². The standard InChI is InChI=1S/C15H13BrF3NO/c1-2-21-12-6-3-8(7-10(12)16)15(20)9-4-5-11(17)14(19)13(9)18/h3-7,15H,2,20H2,1H3. The van der Waals surface area contributed by atoms with Crippen LogP contribution in [0.4, 0.5) is 13.2 Å². The first-order valence-corrected chi connectivity index (χ1v) is 7.06. The van der Waals surface area contributed by atoms with Gasteiger partial charge in [0.15, 0.2) is 17.5 Å². The summed E-state index contributed by atoms with van der Waals surface area (Å²) >= 11 is 3.33. The van der Waals surface area contributed by atoms with Gasteiger partial charge in [-0.2, -0.15) is 0 Å². The first-order valence-electron chi connectivity index (χ1n) is 6.27. The van der Waals surface area contributed by atoms with Gasteiger partial charge in [0.05, 0.1) is 17.1 Å². The van der Waals surface area contributed by atoms with Gasteiger partial charge in [-0.05, 0) is 46.6 Å². The minimum Gasteiger partial charge on any atom is -0.493 e. The van der Waals surface area contributed by atoms with Crippen LogP contribution in [0, 0.1) is 17.5 Å². The summed E-state index contributed by atoms with van der Waals surface area (Å²) < 4.78 is 46.0. The van der Waals surface area contributed by atoms with Gasteiger partial charge in [-0.1, -0.05) is 12.1 Å². The van der Waals surface area contributed by atoms with E-state index in [4.69, 9.17) is 10.5 Å². The second-order valence-electron chi connectivity index (χ2n) is 4.37. The molecule has 0 saturated heterocycles. The Morgan fingerprint density at radius 3 is 2.48 bits per heavy atom. The summed E-state index contributed by atoms with van der Waals surface area (Å²) in [6.07, 6.45) is 0. The van der Waals surface area contributed by atoms with Crippen molar-refractivity contribution in [3.8, 4) is 5.75 Å². The molecule has 0 saturated carbocycles. The maximum Gasteiger partial charge on any atom is 0.194 e. The van der Waals surface area contributed by atoms with Crippen LogP contribution >= 0.6 is 15.9 Å². The zero-order valence-corrected chi connectivity index (χ0v) is 12.8. The molecule has 0 spiro atoms. The normalized spacial score (nSPS) is 12.3. The highest BCUT2D eigenvalue weighted by molar-refractivity contribution is 9.10. The highest BCUT2D eigenvalue weighted by atomic mass is 79.9. The Labute approximate surface area is 128 Å². The van der Waals surface area contributed by atoms with Gasteiger partial charge < -0.3 is 10.5 Å². The van der Waals surface area contributed by atoms with Crippen molar-refractivity contribution in [1.82, 2.24) is 0 Å². The lowest BCUT2D eigenvalue weighted by molar-refractivity contribution is 0.338. The SMILES string of the molecule is CCOc1ccc(C(N)c2ccc(F)c(F)c2F)cc1Br. The third-order valence-corrected chi connectivity index (χ3v) is 3.63. The second kappa shape index (κ2) is 6.49. The maximum atomic E-state index is 13.8. The zero-order valence-electron chi connectivity index (χ0n) is 11.2. The summed E-state index contributed by atoms with van der Waals surface area (Å²) in [4.78, 5) is 0. The molecule has 2 N–H and O–H groups in total. The van der Waals surface area contributed by atoms with Gasteiger partial charge >= 0.3 is 0 Å². The summed E-state index contributed by atoms with van der Waals surface area (Å²) in [7, 11) is 0. The van der Waals surface area contributed by atoms with E-state index in [0.29, 0.717) is 22.4 Å². The van der Waals surface area contributed by atoms with E-state index in [1.165, 1.54) is 0 Å². The first-order chi connectivity index (χ1) is 9.95. The summed E-state index contributed by atoms with van der Waals surface area (Å²) in [6.45, 7) is 2.35. The molecule has 21 heavy (non-hydrogen) atoms. The number of halogens is 4. The molecule has 1 atom stereocenters. The highest BCUT2D eigenvalue weighted by Crippen LogP contribution is 2.31. The Kier molecular flexibility index (Phi) is 4.90. The van der Waals surface area contributed by atoms with Crippen molar-refractivity contribution in [2.24, 2.45) is 5.73 Å². The topological polar surface area (TPSA) is 35.2 Å². The van der Waals surface area contributed by atoms with E-state index in [2.05, 4.69) is 15.9 Å². The van der Waals surface area contributed by atoms with Crippen molar-refractivity contribution in [1.29, 1.82) is 0 Å². The first kappa shape index (κ1) is 15.9. The number of hydrogen-bond acceptors (Lipinski definition) is 2. The van der Waals surface area contributed by atoms with Crippen LogP contribution in [0.1, 0.15) is 24.1 Å². The van der Waals surface area contributed by atoms with Crippen LogP contribution in [-0.4, -0.2) is 6.61 Å². The maximum absolute atomic E-state index is 13.8. The van der Waals surface area contributed by atoms with E-state index in [1.54, 1.807) is 18.2 Å². The van der Waals surface area contributed by atoms with Crippen molar-refractivity contribution in [3.63, 3.8) is 0 Å². The van der Waals surface area contributed by atoms with E-state index >= 15 is 0 Å². The largest absolute Gasteiger partial charge is 0.493 e. The lowest BCUT2D eigenvalue weighted by Gasteiger charge is -2.15. The zero-order chi connectivity index (χ0) is 15.6. The fraction of sp³-hybridized carbons (Fsp3) is 0.200. The van der Waals surface area contributed by atoms with Crippen molar-refractivity contribution >= 4 is 15.9 Å². The lowest BCUT2D eigenvalue weighted by atomic mass is 9.99. The van der Waals surface area contributed by atoms with Gasteiger partial charge in [0.1, 0.15) is 5.75 Å². The number of ether oxygens (including phenoxy) is 1. The summed E-state index contributed by atoms with van der Waals surface area (Å²) in [5.74, 6) is -3.41. The van der Waals surface area contributed by atoms with Crippen molar-refractivity contribution in [2.75, 3.05) is 6.61 Å². The summed E-state index contributed by atoms with van der Waals surface area (Å²) in [5, 5.41) is 0. The minimum atomic E-state index is -1.52. The average Bonchev–Trinajstić information content (AvgIpc) is 2.46. The highest BCUT2D eigenvalue weighted by Gasteiger charge is 2.20. The molecule has 0 aromatic heterocycles. The smallest absolute Gasteiger partial charge is 0.194 e. The van der Waals surface area contributed by atoms with Gasteiger partial charge in [0.25, 0.3) is 0 Å². The predicted octanol–water partition coefficient (Wildman–Crippen LogP) is 4.31. The number of rotatable bonds is 4. The average molecular weight is 360 g/mol. The molecule has 0 radical (unpaired) electrons. The fourth-order valence-corrected chi connectivity index (χ4v) is 2.45. The van der Waals surface area contributed by atoms with E-state index in [1.807, 2.05) is 6.92 Å². The molecule has 6 heteroatoms. The number of nitrogens with two attached hydrogens (primary N) is 1. The van der Waals surface area contributed by atoms with Crippen molar-refractivity contribution < 1.29 is 17.9 Å². The summed E-state index contributed by atoms with van der Waals surface area (Å²) in [6, 6.07) is 6.09. The van der Waals surface area contributed by atoms with Crippen LogP contribution in [0.2, 0.25) is 0 Å². The molecule has 0 bridgehead atoms. The van der Waals surface area contributed by atoms with E-state index in [0.717, 1.165) is 12.1 Å². The Bertz CT molecular complexity index is 664. The Morgan fingerprint density at radius 1 is 1.14 bits per heavy atom. The van der Waals surface area contributed by atoms with Crippen molar-refractivity contribution in [2.45, 2.75) is 13.0 Å². The van der Waals surface area contributed by atoms with Crippen molar-refractivity contribution in [3.05, 3.63) is 63.4 Å². The van der Waals surface area contributed by atoms with Gasteiger partial charge in [0.2, 0.25) is 0 Å². The Hall–Kier alpha value is -1.53.